The Kier molecular flexibility index (Phi) is 6.40. The van der Waals surface area contributed by atoms with Crippen molar-refractivity contribution in [3.8, 4) is 11.5 Å². The zero-order chi connectivity index (χ0) is 22.5. The number of pyridine rings is 1. The van der Waals surface area contributed by atoms with Crippen LogP contribution in [0, 0.1) is 5.92 Å². The number of nitrogens with zero attached hydrogens (tertiary/aromatic N) is 2. The number of hydrogen-bond donors (Lipinski definition) is 0. The Balaban J connectivity index is 1.26. The van der Waals surface area contributed by atoms with Crippen molar-refractivity contribution in [2.24, 2.45) is 5.92 Å². The van der Waals surface area contributed by atoms with Crippen LogP contribution in [-0.4, -0.2) is 10.9 Å². The molecule has 5 rings (SSSR count). The summed E-state index contributed by atoms with van der Waals surface area (Å²) in [5, 5.41) is 0. The number of ether oxygens (including phenoxy) is 1. The van der Waals surface area contributed by atoms with Gasteiger partial charge < -0.3 is 9.64 Å². The van der Waals surface area contributed by atoms with Crippen LogP contribution >= 0.6 is 11.8 Å². The minimum absolute atomic E-state index is 0.143. The molecule has 0 radical (unpaired) electrons. The molecule has 0 atom stereocenters. The number of hydrogen-bond acceptors (Lipinski definition) is 4. The van der Waals surface area contributed by atoms with Crippen LogP contribution in [0.1, 0.15) is 18.4 Å². The fourth-order valence-corrected chi connectivity index (χ4v) is 4.39. The molecule has 0 N–H and O–H groups in total. The molecule has 0 saturated heterocycles. The van der Waals surface area contributed by atoms with E-state index in [1.165, 1.54) is 4.90 Å². The third-order valence-electron chi connectivity index (χ3n) is 5.44. The Hall–Kier alpha value is -3.57. The maximum atomic E-state index is 12.9. The van der Waals surface area contributed by atoms with Gasteiger partial charge in [-0.3, -0.25) is 9.78 Å². The molecular formula is C28H24N2O2S. The van der Waals surface area contributed by atoms with Gasteiger partial charge in [-0.25, -0.2) is 0 Å². The van der Waals surface area contributed by atoms with Gasteiger partial charge in [-0.1, -0.05) is 36.0 Å². The first kappa shape index (κ1) is 21.3. The average molecular weight is 453 g/mol. The molecule has 4 nitrogen and oxygen atoms in total. The van der Waals surface area contributed by atoms with E-state index in [2.05, 4.69) is 29.2 Å². The van der Waals surface area contributed by atoms with E-state index in [0.717, 1.165) is 40.5 Å². The van der Waals surface area contributed by atoms with Gasteiger partial charge in [-0.15, -0.1) is 0 Å². The molecule has 164 valence electrons. The van der Waals surface area contributed by atoms with Crippen LogP contribution in [0.2, 0.25) is 0 Å². The van der Waals surface area contributed by atoms with E-state index in [1.807, 2.05) is 77.8 Å². The van der Waals surface area contributed by atoms with Crippen LogP contribution in [0.15, 0.2) is 113 Å². The van der Waals surface area contributed by atoms with E-state index in [9.17, 15) is 4.79 Å². The summed E-state index contributed by atoms with van der Waals surface area (Å²) in [6.45, 7) is 0.518. The molecule has 1 aromatic heterocycles. The summed E-state index contributed by atoms with van der Waals surface area (Å²) in [5.41, 5.74) is 1.89. The van der Waals surface area contributed by atoms with Gasteiger partial charge in [-0.2, -0.15) is 0 Å². The van der Waals surface area contributed by atoms with Gasteiger partial charge in [0.1, 0.15) is 11.5 Å². The number of carbonyl (C=O) groups is 1. The van der Waals surface area contributed by atoms with Gasteiger partial charge in [0, 0.05) is 33.8 Å². The second-order valence-corrected chi connectivity index (χ2v) is 9.19. The molecule has 1 heterocycles. The Morgan fingerprint density at radius 1 is 0.848 bits per heavy atom. The highest BCUT2D eigenvalue weighted by molar-refractivity contribution is 7.99. The summed E-state index contributed by atoms with van der Waals surface area (Å²) in [5.74, 6) is 1.84. The van der Waals surface area contributed by atoms with Gasteiger partial charge in [0.25, 0.3) is 0 Å². The van der Waals surface area contributed by atoms with Gasteiger partial charge in [0.15, 0.2) is 0 Å². The minimum atomic E-state index is 0.143. The quantitative estimate of drug-likeness (QED) is 0.290. The highest BCUT2D eigenvalue weighted by Gasteiger charge is 2.34. The van der Waals surface area contributed by atoms with Crippen LogP contribution in [-0.2, 0) is 11.3 Å². The topological polar surface area (TPSA) is 42.4 Å². The highest BCUT2D eigenvalue weighted by atomic mass is 32.2. The van der Waals surface area contributed by atoms with Crippen LogP contribution < -0.4 is 9.64 Å². The Morgan fingerprint density at radius 2 is 1.52 bits per heavy atom. The molecule has 0 unspecified atom stereocenters. The van der Waals surface area contributed by atoms with Crippen molar-refractivity contribution in [2.75, 3.05) is 4.90 Å². The third kappa shape index (κ3) is 5.62. The fourth-order valence-electron chi connectivity index (χ4n) is 3.55. The lowest BCUT2D eigenvalue weighted by Crippen LogP contribution is -2.31. The SMILES string of the molecule is O=C(C1CC1)N(Cc1cccnc1)c1ccc(Oc2ccc(Sc3ccccc3)cc2)cc1. The molecule has 5 heteroatoms. The van der Waals surface area contributed by atoms with E-state index in [4.69, 9.17) is 4.74 Å². The predicted octanol–water partition coefficient (Wildman–Crippen LogP) is 6.97. The molecule has 33 heavy (non-hydrogen) atoms. The van der Waals surface area contributed by atoms with E-state index in [0.29, 0.717) is 6.54 Å². The van der Waals surface area contributed by atoms with Crippen LogP contribution in [0.3, 0.4) is 0 Å². The van der Waals surface area contributed by atoms with E-state index < -0.39 is 0 Å². The lowest BCUT2D eigenvalue weighted by Gasteiger charge is -2.23. The van der Waals surface area contributed by atoms with Crippen LogP contribution in [0.5, 0.6) is 11.5 Å². The monoisotopic (exact) mass is 452 g/mol. The minimum Gasteiger partial charge on any atom is -0.457 e. The lowest BCUT2D eigenvalue weighted by molar-refractivity contribution is -0.119. The molecule has 3 aromatic carbocycles. The molecule has 1 amide bonds. The maximum absolute atomic E-state index is 12.9. The standard InChI is InChI=1S/C28H24N2O2S/c31-28(22-8-9-22)30(20-21-5-4-18-29-19-21)23-10-12-24(13-11-23)32-25-14-16-27(17-15-25)33-26-6-2-1-3-7-26/h1-7,10-19,22H,8-9,20H2. The highest BCUT2D eigenvalue weighted by Crippen LogP contribution is 2.35. The fraction of sp³-hybridized carbons (Fsp3) is 0.143. The van der Waals surface area contributed by atoms with Crippen molar-refractivity contribution in [3.05, 3.63) is 109 Å². The summed E-state index contributed by atoms with van der Waals surface area (Å²) >= 11 is 1.72. The number of benzene rings is 3. The van der Waals surface area contributed by atoms with Gasteiger partial charge in [-0.05, 0) is 85.1 Å². The molecule has 0 spiro atoms. The molecule has 0 bridgehead atoms. The van der Waals surface area contributed by atoms with Crippen LogP contribution in [0.4, 0.5) is 5.69 Å². The Bertz CT molecular complexity index is 1190. The zero-order valence-electron chi connectivity index (χ0n) is 18.1. The number of aromatic nitrogens is 1. The van der Waals surface area contributed by atoms with Crippen LogP contribution in [0.25, 0.3) is 0 Å². The third-order valence-corrected chi connectivity index (χ3v) is 6.46. The second-order valence-electron chi connectivity index (χ2n) is 8.04. The first-order valence-corrected chi connectivity index (χ1v) is 11.9. The summed E-state index contributed by atoms with van der Waals surface area (Å²) in [6, 6.07) is 30.0. The van der Waals surface area contributed by atoms with Crippen molar-refractivity contribution in [1.29, 1.82) is 0 Å². The maximum Gasteiger partial charge on any atom is 0.230 e. The number of carbonyl (C=O) groups excluding carboxylic acids is 1. The molecule has 1 aliphatic carbocycles. The van der Waals surface area contributed by atoms with Gasteiger partial charge in [0.05, 0.1) is 6.54 Å². The number of rotatable bonds is 8. The molecule has 1 aliphatic rings. The van der Waals surface area contributed by atoms with E-state index >= 15 is 0 Å². The number of anilines is 1. The summed E-state index contributed by atoms with van der Waals surface area (Å²) in [6.07, 6.45) is 5.50. The Labute approximate surface area is 198 Å². The molecule has 0 aliphatic heterocycles. The molecular weight excluding hydrogens is 428 g/mol. The largest absolute Gasteiger partial charge is 0.457 e. The predicted molar refractivity (Wildman–Crippen MR) is 132 cm³/mol. The van der Waals surface area contributed by atoms with E-state index in [-0.39, 0.29) is 11.8 Å². The smallest absolute Gasteiger partial charge is 0.230 e. The lowest BCUT2D eigenvalue weighted by atomic mass is 10.2. The van der Waals surface area contributed by atoms with E-state index in [1.54, 1.807) is 18.0 Å². The molecule has 1 fully saturated rings. The first-order valence-electron chi connectivity index (χ1n) is 11.1. The van der Waals surface area contributed by atoms with Crippen molar-refractivity contribution < 1.29 is 9.53 Å². The number of amides is 1. The summed E-state index contributed by atoms with van der Waals surface area (Å²) in [4.78, 5) is 21.3. The normalized spacial score (nSPS) is 12.8. The summed E-state index contributed by atoms with van der Waals surface area (Å²) < 4.78 is 6.03. The molecule has 4 aromatic rings. The van der Waals surface area contributed by atoms with Crippen molar-refractivity contribution in [1.82, 2.24) is 4.98 Å². The Morgan fingerprint density at radius 3 is 2.15 bits per heavy atom. The van der Waals surface area contributed by atoms with Crippen molar-refractivity contribution in [3.63, 3.8) is 0 Å². The molecule has 1 saturated carbocycles. The van der Waals surface area contributed by atoms with Gasteiger partial charge >= 0.3 is 0 Å². The zero-order valence-corrected chi connectivity index (χ0v) is 18.9. The summed E-state index contributed by atoms with van der Waals surface area (Å²) in [7, 11) is 0. The second kappa shape index (κ2) is 9.92. The average Bonchev–Trinajstić information content (AvgIpc) is 3.71. The van der Waals surface area contributed by atoms with Crippen molar-refractivity contribution >= 4 is 23.4 Å². The first-order chi connectivity index (χ1) is 16.2. The van der Waals surface area contributed by atoms with Gasteiger partial charge in [0.2, 0.25) is 5.91 Å². The van der Waals surface area contributed by atoms with Crippen molar-refractivity contribution in [2.45, 2.75) is 29.2 Å².